The fourth-order valence-corrected chi connectivity index (χ4v) is 1.77. The predicted octanol–water partition coefficient (Wildman–Crippen LogP) is 2.63. The van der Waals surface area contributed by atoms with E-state index in [9.17, 15) is 0 Å². The molecule has 0 bridgehead atoms. The SMILES string of the molecule is N#Cc1cc2ccccc2o/c1=N/Nc1ccccn1. The Kier molecular flexibility index (Phi) is 3.13. The minimum atomic E-state index is 0.233. The highest BCUT2D eigenvalue weighted by Gasteiger charge is 2.02. The van der Waals surface area contributed by atoms with E-state index in [0.29, 0.717) is 17.0 Å². The van der Waals surface area contributed by atoms with Gasteiger partial charge in [0.25, 0.3) is 5.55 Å². The lowest BCUT2D eigenvalue weighted by Crippen LogP contribution is -2.10. The van der Waals surface area contributed by atoms with Gasteiger partial charge < -0.3 is 4.42 Å². The van der Waals surface area contributed by atoms with Gasteiger partial charge in [-0.15, -0.1) is 5.10 Å². The van der Waals surface area contributed by atoms with Crippen LogP contribution < -0.4 is 11.0 Å². The summed E-state index contributed by atoms with van der Waals surface area (Å²) in [6.07, 6.45) is 1.65. The average molecular weight is 262 g/mol. The number of nitrogens with one attached hydrogen (secondary N) is 1. The summed E-state index contributed by atoms with van der Waals surface area (Å²) in [6.45, 7) is 0. The third kappa shape index (κ3) is 2.35. The molecule has 0 unspecified atom stereocenters. The van der Waals surface area contributed by atoms with E-state index in [-0.39, 0.29) is 5.55 Å². The van der Waals surface area contributed by atoms with Crippen molar-refractivity contribution in [2.75, 3.05) is 5.43 Å². The molecule has 0 saturated heterocycles. The summed E-state index contributed by atoms with van der Waals surface area (Å²) in [7, 11) is 0. The van der Waals surface area contributed by atoms with Gasteiger partial charge in [-0.25, -0.2) is 4.98 Å². The smallest absolute Gasteiger partial charge is 0.254 e. The third-order valence-corrected chi connectivity index (χ3v) is 2.71. The first kappa shape index (κ1) is 11.9. The van der Waals surface area contributed by atoms with E-state index < -0.39 is 0 Å². The average Bonchev–Trinajstić information content (AvgIpc) is 2.53. The molecule has 3 rings (SSSR count). The summed E-state index contributed by atoms with van der Waals surface area (Å²) >= 11 is 0. The molecule has 5 nitrogen and oxygen atoms in total. The van der Waals surface area contributed by atoms with Crippen molar-refractivity contribution in [1.29, 1.82) is 5.26 Å². The number of nitrogens with zero attached hydrogens (tertiary/aromatic N) is 3. The van der Waals surface area contributed by atoms with E-state index in [4.69, 9.17) is 9.68 Å². The molecule has 2 aromatic heterocycles. The van der Waals surface area contributed by atoms with E-state index in [1.165, 1.54) is 0 Å². The van der Waals surface area contributed by atoms with Crippen molar-refractivity contribution < 1.29 is 4.42 Å². The maximum Gasteiger partial charge on any atom is 0.254 e. The van der Waals surface area contributed by atoms with Crippen molar-refractivity contribution in [2.45, 2.75) is 0 Å². The summed E-state index contributed by atoms with van der Waals surface area (Å²) < 4.78 is 5.63. The maximum atomic E-state index is 9.16. The highest BCUT2D eigenvalue weighted by Crippen LogP contribution is 2.12. The molecule has 0 aliphatic carbocycles. The maximum absolute atomic E-state index is 9.16. The standard InChI is InChI=1S/C15H10N4O/c16-10-12-9-11-5-1-2-6-13(11)20-15(12)19-18-14-7-3-4-8-17-14/h1-9H,(H,17,18)/b19-15+. The highest BCUT2D eigenvalue weighted by atomic mass is 16.3. The van der Waals surface area contributed by atoms with E-state index >= 15 is 0 Å². The van der Waals surface area contributed by atoms with Crippen molar-refractivity contribution in [2.24, 2.45) is 5.10 Å². The molecule has 0 saturated carbocycles. The number of benzene rings is 1. The Labute approximate surface area is 114 Å². The lowest BCUT2D eigenvalue weighted by Gasteiger charge is -2.00. The van der Waals surface area contributed by atoms with Gasteiger partial charge in [-0.2, -0.15) is 5.26 Å². The lowest BCUT2D eigenvalue weighted by molar-refractivity contribution is 0.538. The first-order chi connectivity index (χ1) is 9.86. The Morgan fingerprint density at radius 3 is 2.80 bits per heavy atom. The second-order valence-corrected chi connectivity index (χ2v) is 4.05. The Bertz CT molecular complexity index is 847. The van der Waals surface area contributed by atoms with Gasteiger partial charge in [-0.3, -0.25) is 5.43 Å². The Hall–Kier alpha value is -3.13. The number of para-hydroxylation sites is 1. The normalized spacial score (nSPS) is 11.2. The Morgan fingerprint density at radius 2 is 2.00 bits per heavy atom. The van der Waals surface area contributed by atoms with Crippen LogP contribution in [-0.2, 0) is 0 Å². The van der Waals surface area contributed by atoms with Crippen LogP contribution in [0, 0.1) is 11.3 Å². The Balaban J connectivity index is 2.08. The molecule has 0 aliphatic heterocycles. The fraction of sp³-hybridized carbons (Fsp3) is 0. The van der Waals surface area contributed by atoms with Crippen LogP contribution in [0.25, 0.3) is 11.0 Å². The van der Waals surface area contributed by atoms with Crippen LogP contribution >= 0.6 is 0 Å². The zero-order valence-corrected chi connectivity index (χ0v) is 10.4. The number of hydrogen-bond acceptors (Lipinski definition) is 5. The van der Waals surface area contributed by atoms with Crippen molar-refractivity contribution in [1.82, 2.24) is 4.98 Å². The largest absolute Gasteiger partial charge is 0.436 e. The van der Waals surface area contributed by atoms with E-state index in [1.807, 2.05) is 36.4 Å². The van der Waals surface area contributed by atoms with Crippen LogP contribution in [0.5, 0.6) is 0 Å². The number of nitriles is 1. The molecule has 0 radical (unpaired) electrons. The first-order valence-electron chi connectivity index (χ1n) is 6.00. The topological polar surface area (TPSA) is 74.2 Å². The van der Waals surface area contributed by atoms with Gasteiger partial charge in [-0.05, 0) is 24.3 Å². The molecule has 5 heteroatoms. The van der Waals surface area contributed by atoms with E-state index in [0.717, 1.165) is 5.39 Å². The number of hydrogen-bond donors (Lipinski definition) is 1. The number of rotatable bonds is 2. The van der Waals surface area contributed by atoms with Gasteiger partial charge in [-0.1, -0.05) is 24.3 Å². The van der Waals surface area contributed by atoms with Crippen LogP contribution in [0.2, 0.25) is 0 Å². The molecule has 0 amide bonds. The van der Waals surface area contributed by atoms with Crippen LogP contribution in [0.1, 0.15) is 5.56 Å². The highest BCUT2D eigenvalue weighted by molar-refractivity contribution is 5.77. The molecule has 96 valence electrons. The fourth-order valence-electron chi connectivity index (χ4n) is 1.77. The molecule has 3 aromatic rings. The molecular weight excluding hydrogens is 252 g/mol. The third-order valence-electron chi connectivity index (χ3n) is 2.71. The Morgan fingerprint density at radius 1 is 1.15 bits per heavy atom. The number of fused-ring (bicyclic) bond motifs is 1. The van der Waals surface area contributed by atoms with E-state index in [2.05, 4.69) is 21.6 Å². The summed E-state index contributed by atoms with van der Waals surface area (Å²) in [4.78, 5) is 4.08. The summed E-state index contributed by atoms with van der Waals surface area (Å²) in [5, 5.41) is 14.1. The van der Waals surface area contributed by atoms with Gasteiger partial charge >= 0.3 is 0 Å². The quantitative estimate of drug-likeness (QED) is 0.720. The van der Waals surface area contributed by atoms with Crippen molar-refractivity contribution in [3.8, 4) is 6.07 Å². The summed E-state index contributed by atoms with van der Waals surface area (Å²) in [5.41, 5.74) is 4.04. The zero-order chi connectivity index (χ0) is 13.8. The van der Waals surface area contributed by atoms with Crippen molar-refractivity contribution in [3.63, 3.8) is 0 Å². The van der Waals surface area contributed by atoms with Gasteiger partial charge in [0, 0.05) is 11.6 Å². The van der Waals surface area contributed by atoms with Crippen LogP contribution in [0.3, 0.4) is 0 Å². The molecule has 0 atom stereocenters. The van der Waals surface area contributed by atoms with Crippen LogP contribution in [-0.4, -0.2) is 4.98 Å². The van der Waals surface area contributed by atoms with Crippen LogP contribution in [0.4, 0.5) is 5.82 Å². The molecule has 1 N–H and O–H groups in total. The second kappa shape index (κ2) is 5.24. The molecule has 2 heterocycles. The number of pyridine rings is 1. The van der Waals surface area contributed by atoms with Gasteiger partial charge in [0.05, 0.1) is 0 Å². The molecular formula is C15H10N4O. The van der Waals surface area contributed by atoms with Crippen LogP contribution in [0.15, 0.2) is 64.2 Å². The minimum absolute atomic E-state index is 0.233. The molecule has 0 aliphatic rings. The monoisotopic (exact) mass is 262 g/mol. The zero-order valence-electron chi connectivity index (χ0n) is 10.4. The first-order valence-corrected chi connectivity index (χ1v) is 6.00. The second-order valence-electron chi connectivity index (χ2n) is 4.05. The van der Waals surface area contributed by atoms with Crippen molar-refractivity contribution in [3.05, 3.63) is 65.8 Å². The summed E-state index contributed by atoms with van der Waals surface area (Å²) in [6, 6.07) is 16.7. The van der Waals surface area contributed by atoms with Gasteiger partial charge in [0.15, 0.2) is 0 Å². The van der Waals surface area contributed by atoms with Crippen molar-refractivity contribution >= 4 is 16.8 Å². The predicted molar refractivity (Wildman–Crippen MR) is 74.4 cm³/mol. The van der Waals surface area contributed by atoms with Gasteiger partial charge in [0.2, 0.25) is 0 Å². The molecule has 20 heavy (non-hydrogen) atoms. The number of aromatic nitrogens is 1. The molecule has 0 spiro atoms. The van der Waals surface area contributed by atoms with E-state index in [1.54, 1.807) is 18.3 Å². The van der Waals surface area contributed by atoms with Gasteiger partial charge in [0.1, 0.15) is 23.0 Å². The molecule has 1 aromatic carbocycles. The number of anilines is 1. The lowest BCUT2D eigenvalue weighted by atomic mass is 10.2. The summed E-state index contributed by atoms with van der Waals surface area (Å²) in [5.74, 6) is 0.583. The minimum Gasteiger partial charge on any atom is -0.436 e. The molecule has 0 fully saturated rings.